The van der Waals surface area contributed by atoms with Crippen LogP contribution in [0.4, 0.5) is 0 Å². The van der Waals surface area contributed by atoms with Gasteiger partial charge in [0.2, 0.25) is 11.7 Å². The molecule has 1 aliphatic carbocycles. The molecule has 1 fully saturated rings. The topological polar surface area (TPSA) is 116 Å². The maximum atomic E-state index is 10.5. The minimum absolute atomic E-state index is 0.00289. The summed E-state index contributed by atoms with van der Waals surface area (Å²) in [4.78, 5) is 10.4. The number of fused-ring (bicyclic) bond motifs is 1. The zero-order valence-electron chi connectivity index (χ0n) is 15.0. The summed E-state index contributed by atoms with van der Waals surface area (Å²) < 4.78 is 7.73. The lowest BCUT2D eigenvalue weighted by Gasteiger charge is -2.16. The molecule has 1 aliphatic rings. The second kappa shape index (κ2) is 6.61. The number of aromatic hydroxyl groups is 1. The van der Waals surface area contributed by atoms with Gasteiger partial charge in [-0.25, -0.2) is 4.98 Å². The Morgan fingerprint density at radius 2 is 1.96 bits per heavy atom. The molecule has 3 heterocycles. The fourth-order valence-corrected chi connectivity index (χ4v) is 3.52. The molecule has 9 heteroatoms. The Labute approximate surface area is 160 Å². The van der Waals surface area contributed by atoms with Gasteiger partial charge in [-0.15, -0.1) is 0 Å². The van der Waals surface area contributed by atoms with Crippen molar-refractivity contribution < 1.29 is 9.84 Å². The van der Waals surface area contributed by atoms with E-state index in [1.54, 1.807) is 35.0 Å². The largest absolute Gasteiger partial charge is 0.507 e. The van der Waals surface area contributed by atoms with E-state index >= 15 is 0 Å². The molecule has 1 saturated carbocycles. The summed E-state index contributed by atoms with van der Waals surface area (Å²) in [6.45, 7) is 0. The van der Waals surface area contributed by atoms with Crippen LogP contribution >= 0.6 is 0 Å². The van der Waals surface area contributed by atoms with Crippen molar-refractivity contribution in [2.24, 2.45) is 5.73 Å². The van der Waals surface area contributed by atoms with E-state index in [0.717, 1.165) is 19.3 Å². The molecule has 0 saturated heterocycles. The third-order valence-corrected chi connectivity index (χ3v) is 4.98. The molecule has 1 aromatic carbocycles. The molecule has 0 aliphatic heterocycles. The zero-order chi connectivity index (χ0) is 19.1. The van der Waals surface area contributed by atoms with Gasteiger partial charge < -0.3 is 15.6 Å². The van der Waals surface area contributed by atoms with Crippen molar-refractivity contribution in [1.82, 2.24) is 29.4 Å². The highest BCUT2D eigenvalue weighted by atomic mass is 16.5. The molecule has 0 amide bonds. The number of nitrogens with zero attached hydrogens (tertiary/aromatic N) is 6. The molecule has 28 heavy (non-hydrogen) atoms. The normalized spacial score (nSPS) is 19.3. The highest BCUT2D eigenvalue weighted by molar-refractivity contribution is 5.70. The highest BCUT2D eigenvalue weighted by Gasteiger charge is 2.26. The molecular weight excluding hydrogens is 358 g/mol. The molecule has 0 spiro atoms. The van der Waals surface area contributed by atoms with Gasteiger partial charge in [0, 0.05) is 36.1 Å². The Morgan fingerprint density at radius 1 is 1.11 bits per heavy atom. The first-order valence-electron chi connectivity index (χ1n) is 9.15. The number of ether oxygens (including phenoxy) is 1. The van der Waals surface area contributed by atoms with E-state index in [-0.39, 0.29) is 17.9 Å². The summed E-state index contributed by atoms with van der Waals surface area (Å²) >= 11 is 0. The molecule has 142 valence electrons. The van der Waals surface area contributed by atoms with Crippen molar-refractivity contribution in [2.75, 3.05) is 0 Å². The number of nitrogens with two attached hydrogens (primary N) is 1. The monoisotopic (exact) mass is 377 g/mol. The van der Waals surface area contributed by atoms with Gasteiger partial charge in [0.05, 0.1) is 23.8 Å². The molecule has 0 bridgehead atoms. The number of imidazole rings is 1. The van der Waals surface area contributed by atoms with E-state index in [1.807, 2.05) is 18.5 Å². The summed E-state index contributed by atoms with van der Waals surface area (Å²) in [5.74, 6) is 1.10. The first-order valence-corrected chi connectivity index (χ1v) is 9.15. The lowest BCUT2D eigenvalue weighted by Crippen LogP contribution is -2.33. The van der Waals surface area contributed by atoms with Crippen LogP contribution in [0.2, 0.25) is 0 Å². The van der Waals surface area contributed by atoms with E-state index < -0.39 is 0 Å². The van der Waals surface area contributed by atoms with Crippen LogP contribution in [0.5, 0.6) is 11.6 Å². The minimum atomic E-state index is -0.00289. The number of aromatic nitrogens is 6. The quantitative estimate of drug-likeness (QED) is 0.558. The van der Waals surface area contributed by atoms with Gasteiger partial charge in [0.1, 0.15) is 11.9 Å². The van der Waals surface area contributed by atoms with E-state index in [9.17, 15) is 5.11 Å². The molecular formula is C19H19N7O2. The highest BCUT2D eigenvalue weighted by Crippen LogP contribution is 2.30. The van der Waals surface area contributed by atoms with Crippen molar-refractivity contribution in [3.05, 3.63) is 49.1 Å². The van der Waals surface area contributed by atoms with Gasteiger partial charge in [-0.3, -0.25) is 4.40 Å². The first kappa shape index (κ1) is 16.7. The summed E-state index contributed by atoms with van der Waals surface area (Å²) in [5.41, 5.74) is 7.94. The molecule has 0 radical (unpaired) electrons. The van der Waals surface area contributed by atoms with E-state index in [2.05, 4.69) is 20.2 Å². The molecule has 0 unspecified atom stereocenters. The molecule has 2 atom stereocenters. The van der Waals surface area contributed by atoms with Crippen molar-refractivity contribution in [1.29, 1.82) is 0 Å². The second-order valence-electron chi connectivity index (χ2n) is 6.87. The lowest BCUT2D eigenvalue weighted by atomic mass is 10.1. The van der Waals surface area contributed by atoms with Crippen LogP contribution < -0.4 is 10.5 Å². The van der Waals surface area contributed by atoms with Gasteiger partial charge >= 0.3 is 0 Å². The maximum Gasteiger partial charge on any atom is 0.237 e. The van der Waals surface area contributed by atoms with Crippen molar-refractivity contribution in [3.63, 3.8) is 0 Å². The smallest absolute Gasteiger partial charge is 0.237 e. The molecule has 9 nitrogen and oxygen atoms in total. The first-order chi connectivity index (χ1) is 13.7. The average molecular weight is 377 g/mol. The van der Waals surface area contributed by atoms with Gasteiger partial charge in [0.25, 0.3) is 0 Å². The minimum Gasteiger partial charge on any atom is -0.507 e. The molecule has 3 N–H and O–H groups in total. The summed E-state index contributed by atoms with van der Waals surface area (Å²) in [7, 11) is 0. The van der Waals surface area contributed by atoms with Crippen LogP contribution in [0, 0.1) is 0 Å². The summed E-state index contributed by atoms with van der Waals surface area (Å²) in [5, 5.41) is 18.6. The third kappa shape index (κ3) is 2.95. The molecule has 4 aromatic rings. The standard InChI is InChI=1S/C19H19N7O2/c20-14-2-1-3-17(14)28-18-6-9-25-11-15(23-19(25)24-18)13-5-4-12(10-16(13)27)26-21-7-8-22-26/h4-11,14,17,27H,1-3,20H2/t14-,17+/m1/s1. The number of phenols is 1. The van der Waals surface area contributed by atoms with Gasteiger partial charge in [0.15, 0.2) is 0 Å². The third-order valence-electron chi connectivity index (χ3n) is 4.98. The van der Waals surface area contributed by atoms with Gasteiger partial charge in [-0.2, -0.15) is 20.0 Å². The van der Waals surface area contributed by atoms with E-state index in [1.165, 1.54) is 4.80 Å². The number of rotatable bonds is 4. The summed E-state index contributed by atoms with van der Waals surface area (Å²) in [6, 6.07) is 7.06. The zero-order valence-corrected chi connectivity index (χ0v) is 15.0. The van der Waals surface area contributed by atoms with Crippen LogP contribution in [-0.4, -0.2) is 46.6 Å². The lowest BCUT2D eigenvalue weighted by molar-refractivity contribution is 0.184. The number of hydrogen-bond acceptors (Lipinski definition) is 7. The van der Waals surface area contributed by atoms with E-state index in [0.29, 0.717) is 28.6 Å². The Morgan fingerprint density at radius 3 is 2.71 bits per heavy atom. The SMILES string of the molecule is N[C@@H]1CCC[C@@H]1Oc1ccn2cc(-c3ccc(-n4nccn4)cc3O)nc2n1. The molecule has 3 aromatic heterocycles. The number of benzene rings is 1. The Bertz CT molecular complexity index is 1120. The number of hydrogen-bond donors (Lipinski definition) is 2. The summed E-state index contributed by atoms with van der Waals surface area (Å²) in [6.07, 6.45) is 9.81. The maximum absolute atomic E-state index is 10.5. The molecule has 5 rings (SSSR count). The van der Waals surface area contributed by atoms with Crippen molar-refractivity contribution in [3.8, 4) is 28.6 Å². The second-order valence-corrected chi connectivity index (χ2v) is 6.87. The Hall–Kier alpha value is -3.46. The van der Waals surface area contributed by atoms with Crippen LogP contribution in [0.1, 0.15) is 19.3 Å². The predicted octanol–water partition coefficient (Wildman–Crippen LogP) is 1.94. The number of phenolic OH excluding ortho intramolecular Hbond substituents is 1. The van der Waals surface area contributed by atoms with Gasteiger partial charge in [-0.1, -0.05) is 0 Å². The van der Waals surface area contributed by atoms with Crippen molar-refractivity contribution >= 4 is 5.78 Å². The Kier molecular flexibility index (Phi) is 3.94. The van der Waals surface area contributed by atoms with Crippen molar-refractivity contribution in [2.45, 2.75) is 31.4 Å². The fraction of sp³-hybridized carbons (Fsp3) is 0.263. The van der Waals surface area contributed by atoms with Crippen LogP contribution in [0.25, 0.3) is 22.7 Å². The van der Waals surface area contributed by atoms with Gasteiger partial charge in [-0.05, 0) is 31.4 Å². The average Bonchev–Trinajstić information content (AvgIpc) is 3.43. The van der Waals surface area contributed by atoms with Crippen LogP contribution in [-0.2, 0) is 0 Å². The predicted molar refractivity (Wildman–Crippen MR) is 101 cm³/mol. The Balaban J connectivity index is 1.45. The van der Waals surface area contributed by atoms with Crippen LogP contribution in [0.15, 0.2) is 49.1 Å². The van der Waals surface area contributed by atoms with Crippen LogP contribution in [0.3, 0.4) is 0 Å². The fourth-order valence-electron chi connectivity index (χ4n) is 3.52. The van der Waals surface area contributed by atoms with E-state index in [4.69, 9.17) is 10.5 Å².